The third-order valence-corrected chi connectivity index (χ3v) is 2.61. The lowest BCUT2D eigenvalue weighted by Gasteiger charge is -2.23. The van der Waals surface area contributed by atoms with E-state index in [-0.39, 0.29) is 29.1 Å². The van der Waals surface area contributed by atoms with Crippen molar-refractivity contribution in [1.29, 1.82) is 0 Å². The van der Waals surface area contributed by atoms with Crippen LogP contribution >= 0.6 is 0 Å². The van der Waals surface area contributed by atoms with Crippen LogP contribution in [0.4, 0.5) is 0 Å². The van der Waals surface area contributed by atoms with Crippen molar-refractivity contribution < 1.29 is 9.59 Å². The van der Waals surface area contributed by atoms with Gasteiger partial charge in [0, 0.05) is 25.1 Å². The molecule has 6 nitrogen and oxygen atoms in total. The molecule has 1 aliphatic heterocycles. The molecule has 1 aliphatic rings. The van der Waals surface area contributed by atoms with Gasteiger partial charge < -0.3 is 15.6 Å². The van der Waals surface area contributed by atoms with Crippen molar-refractivity contribution in [2.75, 3.05) is 6.54 Å². The lowest BCUT2D eigenvalue weighted by molar-refractivity contribution is -0.122. The first kappa shape index (κ1) is 11.4. The maximum absolute atomic E-state index is 11.8. The minimum absolute atomic E-state index is 0.00335. The predicted octanol–water partition coefficient (Wildman–Crippen LogP) is -0.617. The first-order valence-electron chi connectivity index (χ1n) is 5.42. The van der Waals surface area contributed by atoms with Gasteiger partial charge in [-0.05, 0) is 12.5 Å². The highest BCUT2D eigenvalue weighted by atomic mass is 16.2. The molecule has 2 amide bonds. The highest BCUT2D eigenvalue weighted by Gasteiger charge is 2.20. The van der Waals surface area contributed by atoms with Gasteiger partial charge in [-0.15, -0.1) is 0 Å². The van der Waals surface area contributed by atoms with Crippen LogP contribution in [-0.4, -0.2) is 29.4 Å². The number of amides is 2. The van der Waals surface area contributed by atoms with Gasteiger partial charge in [0.05, 0.1) is 0 Å². The van der Waals surface area contributed by atoms with Crippen LogP contribution in [0.3, 0.4) is 0 Å². The van der Waals surface area contributed by atoms with E-state index in [9.17, 15) is 14.4 Å². The Kier molecular flexibility index (Phi) is 3.22. The highest BCUT2D eigenvalue weighted by Crippen LogP contribution is 2.03. The van der Waals surface area contributed by atoms with Gasteiger partial charge in [0.2, 0.25) is 11.5 Å². The van der Waals surface area contributed by atoms with Gasteiger partial charge in [-0.1, -0.05) is 6.07 Å². The number of hydrogen-bond acceptors (Lipinski definition) is 3. The molecule has 0 aromatic carbocycles. The zero-order chi connectivity index (χ0) is 12.3. The van der Waals surface area contributed by atoms with Crippen LogP contribution in [0, 0.1) is 0 Å². The summed E-state index contributed by atoms with van der Waals surface area (Å²) in [7, 11) is 0. The van der Waals surface area contributed by atoms with E-state index in [0.717, 1.165) is 0 Å². The van der Waals surface area contributed by atoms with Gasteiger partial charge in [0.15, 0.2) is 0 Å². The van der Waals surface area contributed by atoms with Crippen molar-refractivity contribution in [3.8, 4) is 0 Å². The van der Waals surface area contributed by atoms with Crippen LogP contribution in [0.15, 0.2) is 23.0 Å². The number of carbonyl (C=O) groups excluding carboxylic acids is 2. The molecule has 1 atom stereocenters. The number of aromatic nitrogens is 1. The maximum Gasteiger partial charge on any atom is 0.268 e. The number of hydrogen-bond donors (Lipinski definition) is 3. The first-order chi connectivity index (χ1) is 8.15. The molecule has 2 heterocycles. The molecular weight excluding hydrogens is 222 g/mol. The molecule has 17 heavy (non-hydrogen) atoms. The number of pyridine rings is 1. The SMILES string of the molecule is O=C1CCC(NC(=O)c2cccc(=O)[nH]2)CN1. The second-order valence-corrected chi connectivity index (χ2v) is 3.94. The smallest absolute Gasteiger partial charge is 0.268 e. The van der Waals surface area contributed by atoms with Gasteiger partial charge in [0.25, 0.3) is 5.91 Å². The number of carbonyl (C=O) groups is 2. The quantitative estimate of drug-likeness (QED) is 0.638. The Balaban J connectivity index is 1.97. The van der Waals surface area contributed by atoms with Crippen molar-refractivity contribution in [2.24, 2.45) is 0 Å². The van der Waals surface area contributed by atoms with E-state index in [0.29, 0.717) is 19.4 Å². The molecule has 0 radical (unpaired) electrons. The zero-order valence-corrected chi connectivity index (χ0v) is 9.16. The minimum atomic E-state index is -0.330. The fraction of sp³-hybridized carbons (Fsp3) is 0.364. The molecule has 1 aromatic rings. The Morgan fingerprint density at radius 3 is 2.82 bits per heavy atom. The monoisotopic (exact) mass is 235 g/mol. The molecule has 1 saturated heterocycles. The normalized spacial score (nSPS) is 19.5. The summed E-state index contributed by atoms with van der Waals surface area (Å²) in [4.78, 5) is 36.2. The minimum Gasteiger partial charge on any atom is -0.354 e. The fourth-order valence-electron chi connectivity index (χ4n) is 1.70. The summed E-state index contributed by atoms with van der Waals surface area (Å²) in [6.45, 7) is 0.432. The molecule has 1 unspecified atom stereocenters. The molecule has 6 heteroatoms. The van der Waals surface area contributed by atoms with Crippen molar-refractivity contribution >= 4 is 11.8 Å². The number of piperidine rings is 1. The Labute approximate surface area is 97.4 Å². The van der Waals surface area contributed by atoms with E-state index in [1.54, 1.807) is 0 Å². The fourth-order valence-corrected chi connectivity index (χ4v) is 1.70. The largest absolute Gasteiger partial charge is 0.354 e. The van der Waals surface area contributed by atoms with Crippen LogP contribution in [-0.2, 0) is 4.79 Å². The summed E-state index contributed by atoms with van der Waals surface area (Å²) >= 11 is 0. The Bertz CT molecular complexity index is 485. The van der Waals surface area contributed by atoms with Gasteiger partial charge in [0.1, 0.15) is 5.69 Å². The van der Waals surface area contributed by atoms with Gasteiger partial charge in [-0.3, -0.25) is 14.4 Å². The van der Waals surface area contributed by atoms with Crippen molar-refractivity contribution in [1.82, 2.24) is 15.6 Å². The van der Waals surface area contributed by atoms with Crippen molar-refractivity contribution in [3.05, 3.63) is 34.2 Å². The average Bonchev–Trinajstić information content (AvgIpc) is 2.32. The standard InChI is InChI=1S/C11H13N3O3/c15-9-5-4-7(6-12-9)13-11(17)8-2-1-3-10(16)14-8/h1-3,7H,4-6H2,(H,12,15)(H,13,17)(H,14,16). The van der Waals surface area contributed by atoms with Gasteiger partial charge >= 0.3 is 0 Å². The van der Waals surface area contributed by atoms with Crippen LogP contribution in [0.5, 0.6) is 0 Å². The molecule has 3 N–H and O–H groups in total. The van der Waals surface area contributed by atoms with E-state index < -0.39 is 0 Å². The third-order valence-electron chi connectivity index (χ3n) is 2.61. The summed E-state index contributed by atoms with van der Waals surface area (Å²) < 4.78 is 0. The van der Waals surface area contributed by atoms with E-state index >= 15 is 0 Å². The molecule has 1 fully saturated rings. The average molecular weight is 235 g/mol. The van der Waals surface area contributed by atoms with Crippen molar-refractivity contribution in [3.63, 3.8) is 0 Å². The number of H-pyrrole nitrogens is 1. The molecule has 90 valence electrons. The lowest BCUT2D eigenvalue weighted by Crippen LogP contribution is -2.48. The summed E-state index contributed by atoms with van der Waals surface area (Å²) in [5.74, 6) is -0.326. The molecular formula is C11H13N3O3. The molecule has 0 spiro atoms. The number of aromatic amines is 1. The summed E-state index contributed by atoms with van der Waals surface area (Å²) in [5, 5.41) is 5.43. The predicted molar refractivity (Wildman–Crippen MR) is 60.6 cm³/mol. The summed E-state index contributed by atoms with van der Waals surface area (Å²) in [6.07, 6.45) is 1.03. The first-order valence-corrected chi connectivity index (χ1v) is 5.42. The van der Waals surface area contributed by atoms with E-state index in [1.165, 1.54) is 18.2 Å². The molecule has 1 aromatic heterocycles. The Hall–Kier alpha value is -2.11. The Morgan fingerprint density at radius 1 is 1.35 bits per heavy atom. The van der Waals surface area contributed by atoms with Crippen LogP contribution in [0.25, 0.3) is 0 Å². The van der Waals surface area contributed by atoms with Gasteiger partial charge in [-0.2, -0.15) is 0 Å². The van der Waals surface area contributed by atoms with Gasteiger partial charge in [-0.25, -0.2) is 0 Å². The second kappa shape index (κ2) is 4.82. The van der Waals surface area contributed by atoms with Crippen molar-refractivity contribution in [2.45, 2.75) is 18.9 Å². The number of nitrogens with one attached hydrogen (secondary N) is 3. The van der Waals surface area contributed by atoms with E-state index in [1.807, 2.05) is 0 Å². The summed E-state index contributed by atoms with van der Waals surface area (Å²) in [5.41, 5.74) is -0.0796. The highest BCUT2D eigenvalue weighted by molar-refractivity contribution is 5.92. The van der Waals surface area contributed by atoms with Crippen LogP contribution in [0.1, 0.15) is 23.3 Å². The second-order valence-electron chi connectivity index (χ2n) is 3.94. The molecule has 0 saturated carbocycles. The zero-order valence-electron chi connectivity index (χ0n) is 9.16. The van der Waals surface area contributed by atoms with Crippen LogP contribution < -0.4 is 16.2 Å². The molecule has 0 bridgehead atoms. The topological polar surface area (TPSA) is 91.1 Å². The van der Waals surface area contributed by atoms with Crippen LogP contribution in [0.2, 0.25) is 0 Å². The van der Waals surface area contributed by atoms with E-state index in [2.05, 4.69) is 15.6 Å². The lowest BCUT2D eigenvalue weighted by atomic mass is 10.1. The number of rotatable bonds is 2. The molecule has 2 rings (SSSR count). The molecule has 0 aliphatic carbocycles. The third kappa shape index (κ3) is 2.93. The van der Waals surface area contributed by atoms with E-state index in [4.69, 9.17) is 0 Å². The summed E-state index contributed by atoms with van der Waals surface area (Å²) in [6, 6.07) is 4.33. The maximum atomic E-state index is 11.8. The Morgan fingerprint density at radius 2 is 2.18 bits per heavy atom.